The van der Waals surface area contributed by atoms with Crippen molar-refractivity contribution in [1.29, 1.82) is 0 Å². The molecule has 2 aromatic carbocycles. The molecule has 2 aromatic heterocycles. The van der Waals surface area contributed by atoms with E-state index in [1.165, 1.54) is 22.4 Å². The maximum absolute atomic E-state index is 13.4. The molecule has 4 aromatic rings. The fraction of sp³-hybridized carbons (Fsp3) is 0.222. The van der Waals surface area contributed by atoms with Gasteiger partial charge in [-0.25, -0.2) is 9.78 Å². The molecule has 2 N–H and O–H groups in total. The van der Waals surface area contributed by atoms with E-state index in [1.807, 2.05) is 54.6 Å². The van der Waals surface area contributed by atoms with Crippen LogP contribution in [0.25, 0.3) is 10.2 Å². The number of ketones is 1. The molecule has 9 heteroatoms. The van der Waals surface area contributed by atoms with Crippen molar-refractivity contribution in [3.05, 3.63) is 95.3 Å². The summed E-state index contributed by atoms with van der Waals surface area (Å²) in [6.45, 7) is 0.612. The summed E-state index contributed by atoms with van der Waals surface area (Å²) in [5.74, 6) is -0.703. The zero-order valence-corrected chi connectivity index (χ0v) is 20.4. The van der Waals surface area contributed by atoms with Crippen LogP contribution in [0.3, 0.4) is 0 Å². The van der Waals surface area contributed by atoms with E-state index in [4.69, 9.17) is 0 Å². The molecule has 0 aliphatic rings. The van der Waals surface area contributed by atoms with Crippen LogP contribution in [-0.4, -0.2) is 50.3 Å². The van der Waals surface area contributed by atoms with Gasteiger partial charge in [-0.1, -0.05) is 48.5 Å². The van der Waals surface area contributed by atoms with Gasteiger partial charge in [-0.2, -0.15) is 0 Å². The highest BCUT2D eigenvalue weighted by molar-refractivity contribution is 7.20. The van der Waals surface area contributed by atoms with E-state index in [0.29, 0.717) is 37.4 Å². The standard InChI is InChI=1S/C27H26N4O4S/c32-24(26-30-20-12-4-5-15-23(20)36-26)21(29-25(33)22-14-6-8-16-28-22)13-7-9-17-31(27(34)35)18-19-10-2-1-3-11-19/h1-6,8,10-12,14-16,21H,7,9,13,17-18H2,(H,29,33)(H,34,35)/t21-/m0/s1. The fourth-order valence-electron chi connectivity index (χ4n) is 3.82. The highest BCUT2D eigenvalue weighted by Gasteiger charge is 2.26. The predicted molar refractivity (Wildman–Crippen MR) is 138 cm³/mol. The molecule has 8 nitrogen and oxygen atoms in total. The van der Waals surface area contributed by atoms with Gasteiger partial charge in [0.25, 0.3) is 5.91 Å². The number of rotatable bonds is 11. The molecule has 1 atom stereocenters. The van der Waals surface area contributed by atoms with Crippen molar-refractivity contribution in [2.24, 2.45) is 0 Å². The summed E-state index contributed by atoms with van der Waals surface area (Å²) in [4.78, 5) is 47.7. The van der Waals surface area contributed by atoms with E-state index in [9.17, 15) is 19.5 Å². The van der Waals surface area contributed by atoms with E-state index < -0.39 is 18.0 Å². The number of fused-ring (bicyclic) bond motifs is 1. The zero-order valence-electron chi connectivity index (χ0n) is 19.5. The third-order valence-corrected chi connectivity index (χ3v) is 6.73. The number of nitrogens with one attached hydrogen (secondary N) is 1. The Morgan fingerprint density at radius 1 is 0.944 bits per heavy atom. The first kappa shape index (κ1) is 25.0. The van der Waals surface area contributed by atoms with E-state index in [1.54, 1.807) is 18.2 Å². The molecule has 0 radical (unpaired) electrons. The number of carbonyl (C=O) groups is 3. The first-order chi connectivity index (χ1) is 17.5. The molecule has 0 unspecified atom stereocenters. The minimum Gasteiger partial charge on any atom is -0.465 e. The first-order valence-electron chi connectivity index (χ1n) is 11.6. The molecular formula is C27H26N4O4S. The maximum Gasteiger partial charge on any atom is 0.407 e. The molecule has 2 heterocycles. The lowest BCUT2D eigenvalue weighted by Crippen LogP contribution is -2.41. The summed E-state index contributed by atoms with van der Waals surface area (Å²) in [5, 5.41) is 12.7. The number of benzene rings is 2. The molecule has 4 rings (SSSR count). The second kappa shape index (κ2) is 12.0. The smallest absolute Gasteiger partial charge is 0.407 e. The van der Waals surface area contributed by atoms with Gasteiger partial charge in [0.05, 0.1) is 16.3 Å². The molecule has 0 saturated heterocycles. The Labute approximate surface area is 212 Å². The summed E-state index contributed by atoms with van der Waals surface area (Å²) < 4.78 is 0.897. The lowest BCUT2D eigenvalue weighted by atomic mass is 10.0. The minimum absolute atomic E-state index is 0.222. The van der Waals surface area contributed by atoms with Gasteiger partial charge in [-0.3, -0.25) is 14.6 Å². The van der Waals surface area contributed by atoms with Crippen molar-refractivity contribution >= 4 is 39.3 Å². The summed E-state index contributed by atoms with van der Waals surface area (Å²) in [6, 6.07) is 21.1. The van der Waals surface area contributed by atoms with E-state index >= 15 is 0 Å². The van der Waals surface area contributed by atoms with Crippen molar-refractivity contribution in [2.75, 3.05) is 6.54 Å². The Bertz CT molecular complexity index is 1290. The molecule has 2 amide bonds. The Kier molecular flexibility index (Phi) is 8.36. The van der Waals surface area contributed by atoms with Crippen LogP contribution < -0.4 is 5.32 Å². The normalized spacial score (nSPS) is 11.7. The van der Waals surface area contributed by atoms with Crippen LogP contribution in [0.1, 0.15) is 45.1 Å². The van der Waals surface area contributed by atoms with Gasteiger partial charge in [-0.05, 0) is 49.1 Å². The zero-order chi connectivity index (χ0) is 25.3. The predicted octanol–water partition coefficient (Wildman–Crippen LogP) is 5.02. The number of amides is 2. The number of aromatic nitrogens is 2. The largest absolute Gasteiger partial charge is 0.465 e. The van der Waals surface area contributed by atoms with E-state index in [0.717, 1.165) is 15.8 Å². The monoisotopic (exact) mass is 502 g/mol. The third kappa shape index (κ3) is 6.51. The second-order valence-electron chi connectivity index (χ2n) is 8.28. The van der Waals surface area contributed by atoms with Crippen molar-refractivity contribution in [1.82, 2.24) is 20.2 Å². The van der Waals surface area contributed by atoms with E-state index in [2.05, 4.69) is 15.3 Å². The quantitative estimate of drug-likeness (QED) is 0.220. The summed E-state index contributed by atoms with van der Waals surface area (Å²) in [7, 11) is 0. The number of nitrogens with zero attached hydrogens (tertiary/aromatic N) is 3. The molecule has 0 spiro atoms. The minimum atomic E-state index is -0.996. The SMILES string of the molecule is O=C(N[C@@H](CCCCN(Cc1ccccc1)C(=O)O)C(=O)c1nc2ccccc2s1)c1ccccn1. The van der Waals surface area contributed by atoms with Crippen LogP contribution in [0, 0.1) is 0 Å². The van der Waals surface area contributed by atoms with Crippen LogP contribution in [0.5, 0.6) is 0 Å². The Balaban J connectivity index is 1.42. The van der Waals surface area contributed by atoms with Gasteiger partial charge in [0.15, 0.2) is 5.01 Å². The third-order valence-electron chi connectivity index (χ3n) is 5.68. The fourth-order valence-corrected chi connectivity index (χ4v) is 4.78. The van der Waals surface area contributed by atoms with Crippen molar-refractivity contribution in [2.45, 2.75) is 31.8 Å². The van der Waals surface area contributed by atoms with Crippen molar-refractivity contribution in [3.63, 3.8) is 0 Å². The topological polar surface area (TPSA) is 112 Å². The molecule has 36 heavy (non-hydrogen) atoms. The van der Waals surface area contributed by atoms with Crippen LogP contribution in [0.4, 0.5) is 4.79 Å². The number of hydrogen-bond acceptors (Lipinski definition) is 6. The summed E-state index contributed by atoms with van der Waals surface area (Å²) in [5.41, 5.74) is 1.87. The van der Waals surface area contributed by atoms with Gasteiger partial charge in [0, 0.05) is 19.3 Å². The average molecular weight is 503 g/mol. The van der Waals surface area contributed by atoms with Crippen molar-refractivity contribution in [3.8, 4) is 0 Å². The maximum atomic E-state index is 13.4. The second-order valence-corrected chi connectivity index (χ2v) is 9.31. The number of carbonyl (C=O) groups excluding carboxylic acids is 2. The van der Waals surface area contributed by atoms with Crippen molar-refractivity contribution < 1.29 is 19.5 Å². The summed E-state index contributed by atoms with van der Waals surface area (Å²) >= 11 is 1.29. The van der Waals surface area contributed by atoms with Crippen LogP contribution in [0.2, 0.25) is 0 Å². The van der Waals surface area contributed by atoms with Gasteiger partial charge < -0.3 is 15.3 Å². The van der Waals surface area contributed by atoms with Crippen LogP contribution >= 0.6 is 11.3 Å². The number of unbranched alkanes of at least 4 members (excludes halogenated alkanes) is 1. The highest BCUT2D eigenvalue weighted by Crippen LogP contribution is 2.23. The number of carboxylic acid groups (broad SMARTS) is 1. The van der Waals surface area contributed by atoms with Gasteiger partial charge in [0.2, 0.25) is 5.78 Å². The Morgan fingerprint density at radius 2 is 1.69 bits per heavy atom. The number of pyridine rings is 1. The Morgan fingerprint density at radius 3 is 2.42 bits per heavy atom. The highest BCUT2D eigenvalue weighted by atomic mass is 32.1. The molecule has 0 aliphatic heterocycles. The molecule has 0 fully saturated rings. The molecular weight excluding hydrogens is 476 g/mol. The first-order valence-corrected chi connectivity index (χ1v) is 12.5. The molecule has 0 saturated carbocycles. The number of thiazole rings is 1. The molecule has 0 aliphatic carbocycles. The Hall–Kier alpha value is -4.11. The van der Waals surface area contributed by atoms with Gasteiger partial charge in [0.1, 0.15) is 5.69 Å². The summed E-state index contributed by atoms with van der Waals surface area (Å²) in [6.07, 6.45) is 1.97. The molecule has 184 valence electrons. The van der Waals surface area contributed by atoms with E-state index in [-0.39, 0.29) is 11.5 Å². The van der Waals surface area contributed by atoms with Gasteiger partial charge in [-0.15, -0.1) is 11.3 Å². The van der Waals surface area contributed by atoms with Gasteiger partial charge >= 0.3 is 6.09 Å². The average Bonchev–Trinajstić information content (AvgIpc) is 3.34. The number of hydrogen-bond donors (Lipinski definition) is 2. The number of Topliss-reactive ketones (excluding diaryl/α,β-unsaturated/α-hetero) is 1. The van der Waals surface area contributed by atoms with Crippen LogP contribution in [0.15, 0.2) is 79.0 Å². The molecule has 0 bridgehead atoms. The van der Waals surface area contributed by atoms with Crippen LogP contribution in [-0.2, 0) is 6.54 Å². The number of para-hydroxylation sites is 1. The lowest BCUT2D eigenvalue weighted by Gasteiger charge is -2.20. The lowest BCUT2D eigenvalue weighted by molar-refractivity contribution is 0.0847.